The van der Waals surface area contributed by atoms with Crippen LogP contribution in [0.1, 0.15) is 36.5 Å². The normalized spacial score (nSPS) is 22.0. The van der Waals surface area contributed by atoms with Crippen LogP contribution in [0, 0.1) is 11.8 Å². The number of hydrogen-bond donors (Lipinski definition) is 1. The predicted molar refractivity (Wildman–Crippen MR) is 91.8 cm³/mol. The summed E-state index contributed by atoms with van der Waals surface area (Å²) in [7, 11) is 0. The van der Waals surface area contributed by atoms with Gasteiger partial charge in [0.05, 0.1) is 11.8 Å². The van der Waals surface area contributed by atoms with E-state index in [0.29, 0.717) is 24.1 Å². The summed E-state index contributed by atoms with van der Waals surface area (Å²) in [6.07, 6.45) is 5.13. The Kier molecular flexibility index (Phi) is 4.79. The van der Waals surface area contributed by atoms with Crippen molar-refractivity contribution >= 4 is 29.2 Å². The molecule has 3 amide bonds. The smallest absolute Gasteiger partial charge is 0.233 e. The molecule has 1 heterocycles. The van der Waals surface area contributed by atoms with Gasteiger partial charge in [-0.25, -0.2) is 0 Å². The van der Waals surface area contributed by atoms with E-state index >= 15 is 0 Å². The van der Waals surface area contributed by atoms with Crippen LogP contribution in [0.15, 0.2) is 36.4 Å². The van der Waals surface area contributed by atoms with Crippen LogP contribution in [0.25, 0.3) is 0 Å². The summed E-state index contributed by atoms with van der Waals surface area (Å²) < 4.78 is 0. The van der Waals surface area contributed by atoms with Crippen LogP contribution in [-0.2, 0) is 14.4 Å². The highest BCUT2D eigenvalue weighted by Crippen LogP contribution is 2.35. The number of allylic oxidation sites excluding steroid dienone is 2. The summed E-state index contributed by atoms with van der Waals surface area (Å²) in [6.45, 7) is 1.58. The zero-order valence-corrected chi connectivity index (χ0v) is 14.0. The molecule has 1 saturated heterocycles. The van der Waals surface area contributed by atoms with Gasteiger partial charge in [0, 0.05) is 24.2 Å². The van der Waals surface area contributed by atoms with Gasteiger partial charge in [-0.05, 0) is 44.0 Å². The Balaban J connectivity index is 1.55. The van der Waals surface area contributed by atoms with Crippen molar-refractivity contribution in [3.8, 4) is 0 Å². The quantitative estimate of drug-likeness (QED) is 0.506. The molecule has 1 aliphatic heterocycles. The molecule has 25 heavy (non-hydrogen) atoms. The second kappa shape index (κ2) is 7.01. The van der Waals surface area contributed by atoms with Gasteiger partial charge in [-0.15, -0.1) is 0 Å². The highest BCUT2D eigenvalue weighted by atomic mass is 16.2. The number of hydrogen-bond acceptors (Lipinski definition) is 4. The third-order valence-electron chi connectivity index (χ3n) is 4.74. The number of Topliss-reactive ketones (excluding diaryl/α,β-unsaturated/α-hetero) is 1. The van der Waals surface area contributed by atoms with Crippen LogP contribution in [0.5, 0.6) is 0 Å². The largest absolute Gasteiger partial charge is 0.326 e. The summed E-state index contributed by atoms with van der Waals surface area (Å²) in [4.78, 5) is 49.2. The molecule has 6 heteroatoms. The number of ketones is 1. The topological polar surface area (TPSA) is 83.6 Å². The number of nitrogens with one attached hydrogen (secondary N) is 1. The van der Waals surface area contributed by atoms with Crippen molar-refractivity contribution in [2.24, 2.45) is 11.8 Å². The lowest BCUT2D eigenvalue weighted by molar-refractivity contribution is -0.140. The fourth-order valence-corrected chi connectivity index (χ4v) is 3.31. The van der Waals surface area contributed by atoms with E-state index in [2.05, 4.69) is 5.32 Å². The summed E-state index contributed by atoms with van der Waals surface area (Å²) in [5.74, 6) is -1.18. The molecule has 0 spiro atoms. The molecule has 0 bridgehead atoms. The van der Waals surface area contributed by atoms with E-state index in [1.54, 1.807) is 24.3 Å². The van der Waals surface area contributed by atoms with Crippen LogP contribution in [0.3, 0.4) is 0 Å². The highest BCUT2D eigenvalue weighted by Gasteiger charge is 2.46. The van der Waals surface area contributed by atoms with Crippen molar-refractivity contribution in [3.05, 3.63) is 42.0 Å². The molecule has 1 aliphatic carbocycles. The zero-order valence-electron chi connectivity index (χ0n) is 14.0. The Bertz CT molecular complexity index is 725. The molecule has 1 aromatic rings. The van der Waals surface area contributed by atoms with Gasteiger partial charge >= 0.3 is 0 Å². The minimum atomic E-state index is -0.274. The van der Waals surface area contributed by atoms with Gasteiger partial charge in [0.1, 0.15) is 0 Å². The molecule has 6 nitrogen and oxygen atoms in total. The lowest BCUT2D eigenvalue weighted by Crippen LogP contribution is -2.34. The number of carbonyl (C=O) groups excluding carboxylic acids is 4. The van der Waals surface area contributed by atoms with Crippen molar-refractivity contribution in [1.82, 2.24) is 4.90 Å². The van der Waals surface area contributed by atoms with Gasteiger partial charge < -0.3 is 5.32 Å². The van der Waals surface area contributed by atoms with Gasteiger partial charge in [-0.2, -0.15) is 0 Å². The maximum absolute atomic E-state index is 12.3. The Morgan fingerprint density at radius 3 is 2.12 bits per heavy atom. The number of nitrogens with zero attached hydrogens (tertiary/aromatic N) is 1. The number of imide groups is 1. The van der Waals surface area contributed by atoms with Crippen LogP contribution in [0.4, 0.5) is 5.69 Å². The zero-order chi connectivity index (χ0) is 18.0. The molecule has 0 radical (unpaired) electrons. The van der Waals surface area contributed by atoms with Crippen molar-refractivity contribution in [2.75, 3.05) is 11.9 Å². The van der Waals surface area contributed by atoms with Crippen LogP contribution < -0.4 is 5.32 Å². The van der Waals surface area contributed by atoms with Crippen molar-refractivity contribution in [2.45, 2.75) is 26.2 Å². The number of carbonyl (C=O) groups is 4. The Hall–Kier alpha value is -2.76. The summed E-state index contributed by atoms with van der Waals surface area (Å²) >= 11 is 0. The van der Waals surface area contributed by atoms with Crippen LogP contribution in [-0.4, -0.2) is 34.9 Å². The highest BCUT2D eigenvalue weighted by molar-refractivity contribution is 6.06. The minimum absolute atomic E-state index is 0.0418. The first-order valence-electron chi connectivity index (χ1n) is 8.38. The fourth-order valence-electron chi connectivity index (χ4n) is 3.31. The number of benzene rings is 1. The van der Waals surface area contributed by atoms with E-state index in [1.807, 2.05) is 12.2 Å². The second-order valence-corrected chi connectivity index (χ2v) is 6.42. The lowest BCUT2D eigenvalue weighted by atomic mass is 9.85. The van der Waals surface area contributed by atoms with Crippen LogP contribution in [0.2, 0.25) is 0 Å². The van der Waals surface area contributed by atoms with E-state index in [0.717, 1.165) is 0 Å². The maximum Gasteiger partial charge on any atom is 0.233 e. The third-order valence-corrected chi connectivity index (χ3v) is 4.74. The maximum atomic E-state index is 12.3. The van der Waals surface area contributed by atoms with E-state index in [-0.39, 0.29) is 48.3 Å². The average Bonchev–Trinajstić information content (AvgIpc) is 2.85. The van der Waals surface area contributed by atoms with Crippen molar-refractivity contribution < 1.29 is 19.2 Å². The molecule has 1 fully saturated rings. The fraction of sp³-hybridized carbons (Fsp3) is 0.368. The third kappa shape index (κ3) is 3.52. The van der Waals surface area contributed by atoms with Gasteiger partial charge in [0.15, 0.2) is 5.78 Å². The van der Waals surface area contributed by atoms with Crippen molar-refractivity contribution in [1.29, 1.82) is 0 Å². The number of rotatable bonds is 5. The van der Waals surface area contributed by atoms with Gasteiger partial charge in [-0.1, -0.05) is 12.2 Å². The molecule has 130 valence electrons. The van der Waals surface area contributed by atoms with Gasteiger partial charge in [0.2, 0.25) is 17.7 Å². The molecular formula is C19H20N2O4. The predicted octanol–water partition coefficient (Wildman–Crippen LogP) is 2.17. The molecule has 0 saturated carbocycles. The molecule has 0 unspecified atom stereocenters. The SMILES string of the molecule is CC(=O)c1ccc(NC(=O)CCN2C(=O)[C@@H]3CC=CC[C@H]3C2=O)cc1. The Morgan fingerprint density at radius 2 is 1.60 bits per heavy atom. The van der Waals surface area contributed by atoms with Crippen molar-refractivity contribution in [3.63, 3.8) is 0 Å². The molecule has 0 aromatic heterocycles. The monoisotopic (exact) mass is 340 g/mol. The number of anilines is 1. The molecule has 2 atom stereocenters. The van der Waals surface area contributed by atoms with E-state index in [4.69, 9.17) is 0 Å². The molecule has 1 aromatic carbocycles. The first-order valence-corrected chi connectivity index (χ1v) is 8.38. The number of amides is 3. The Morgan fingerprint density at radius 1 is 1.04 bits per heavy atom. The summed E-state index contributed by atoms with van der Waals surface area (Å²) in [5.41, 5.74) is 1.15. The molecule has 3 rings (SSSR count). The van der Waals surface area contributed by atoms with E-state index < -0.39 is 0 Å². The first-order chi connectivity index (χ1) is 12.0. The molecule has 2 aliphatic rings. The summed E-state index contributed by atoms with van der Waals surface area (Å²) in [5, 5.41) is 2.71. The van der Waals surface area contributed by atoms with Gasteiger partial charge in [-0.3, -0.25) is 24.1 Å². The van der Waals surface area contributed by atoms with E-state index in [9.17, 15) is 19.2 Å². The average molecular weight is 340 g/mol. The van der Waals surface area contributed by atoms with Crippen LogP contribution >= 0.6 is 0 Å². The molecular weight excluding hydrogens is 320 g/mol. The summed E-state index contributed by atoms with van der Waals surface area (Å²) in [6, 6.07) is 6.59. The molecule has 1 N–H and O–H groups in total. The standard InChI is InChI=1S/C19H20N2O4/c1-12(22)13-6-8-14(9-7-13)20-17(23)10-11-21-18(24)15-4-2-3-5-16(15)19(21)25/h2-3,6-9,15-16H,4-5,10-11H2,1H3,(H,20,23)/t15-,16-/m1/s1. The minimum Gasteiger partial charge on any atom is -0.326 e. The number of fused-ring (bicyclic) bond motifs is 1. The van der Waals surface area contributed by atoms with Gasteiger partial charge in [0.25, 0.3) is 0 Å². The first kappa shape index (κ1) is 17.1. The Labute approximate surface area is 145 Å². The lowest BCUT2D eigenvalue weighted by Gasteiger charge is -2.14. The second-order valence-electron chi connectivity index (χ2n) is 6.42. The number of likely N-dealkylation sites (tertiary alicyclic amines) is 1. The van der Waals surface area contributed by atoms with E-state index in [1.165, 1.54) is 11.8 Å².